The molecule has 0 amide bonds. The first-order chi connectivity index (χ1) is 7.90. The van der Waals surface area contributed by atoms with Crippen molar-refractivity contribution in [3.8, 4) is 0 Å². The molecule has 0 aromatic heterocycles. The van der Waals surface area contributed by atoms with Crippen molar-refractivity contribution in [2.45, 2.75) is 33.3 Å². The molecule has 4 heteroatoms. The summed E-state index contributed by atoms with van der Waals surface area (Å²) < 4.78 is 6.16. The standard InChI is InChI=1S/C13H18BrNO2/c1-8(2)6-9(3)17-13(16)11-7-10(14)4-5-12(11)15/h4-5,7-9H,6,15H2,1-3H3. The molecule has 0 fully saturated rings. The first kappa shape index (κ1) is 14.0. The zero-order valence-corrected chi connectivity index (χ0v) is 12.0. The average molecular weight is 300 g/mol. The van der Waals surface area contributed by atoms with Crippen LogP contribution in [0.25, 0.3) is 0 Å². The van der Waals surface area contributed by atoms with Crippen LogP contribution in [0.15, 0.2) is 22.7 Å². The summed E-state index contributed by atoms with van der Waals surface area (Å²) in [7, 11) is 0. The number of anilines is 1. The van der Waals surface area contributed by atoms with Gasteiger partial charge in [-0.3, -0.25) is 0 Å². The van der Waals surface area contributed by atoms with E-state index in [1.807, 2.05) is 6.92 Å². The molecule has 0 saturated heterocycles. The lowest BCUT2D eigenvalue weighted by molar-refractivity contribution is 0.0301. The molecule has 0 radical (unpaired) electrons. The second kappa shape index (κ2) is 6.05. The molecule has 0 aliphatic carbocycles. The largest absolute Gasteiger partial charge is 0.459 e. The predicted molar refractivity (Wildman–Crippen MR) is 72.9 cm³/mol. The molecule has 3 nitrogen and oxygen atoms in total. The number of hydrogen-bond acceptors (Lipinski definition) is 3. The van der Waals surface area contributed by atoms with Crippen molar-refractivity contribution in [2.75, 3.05) is 5.73 Å². The van der Waals surface area contributed by atoms with Gasteiger partial charge in [-0.2, -0.15) is 0 Å². The van der Waals surface area contributed by atoms with Gasteiger partial charge in [0.1, 0.15) is 0 Å². The fourth-order valence-corrected chi connectivity index (χ4v) is 2.02. The van der Waals surface area contributed by atoms with Crippen LogP contribution in [0.4, 0.5) is 5.69 Å². The molecule has 0 aliphatic heterocycles. The number of rotatable bonds is 4. The molecule has 17 heavy (non-hydrogen) atoms. The zero-order valence-electron chi connectivity index (χ0n) is 10.4. The molecule has 1 aromatic rings. The van der Waals surface area contributed by atoms with Gasteiger partial charge in [0.25, 0.3) is 0 Å². The van der Waals surface area contributed by atoms with E-state index in [2.05, 4.69) is 29.8 Å². The predicted octanol–water partition coefficient (Wildman–Crippen LogP) is 3.62. The lowest BCUT2D eigenvalue weighted by atomic mass is 10.1. The van der Waals surface area contributed by atoms with Gasteiger partial charge >= 0.3 is 5.97 Å². The van der Waals surface area contributed by atoms with Crippen molar-refractivity contribution in [3.05, 3.63) is 28.2 Å². The maximum atomic E-state index is 11.9. The third kappa shape index (κ3) is 4.38. The van der Waals surface area contributed by atoms with Crippen LogP contribution in [0.5, 0.6) is 0 Å². The smallest absolute Gasteiger partial charge is 0.340 e. The highest BCUT2D eigenvalue weighted by Gasteiger charge is 2.15. The minimum atomic E-state index is -0.364. The van der Waals surface area contributed by atoms with Crippen molar-refractivity contribution < 1.29 is 9.53 Å². The van der Waals surface area contributed by atoms with E-state index in [9.17, 15) is 4.79 Å². The Morgan fingerprint density at radius 2 is 2.06 bits per heavy atom. The van der Waals surface area contributed by atoms with Crippen molar-refractivity contribution >= 4 is 27.6 Å². The van der Waals surface area contributed by atoms with E-state index in [0.29, 0.717) is 17.2 Å². The molecular formula is C13H18BrNO2. The molecule has 1 atom stereocenters. The van der Waals surface area contributed by atoms with Crippen LogP contribution >= 0.6 is 15.9 Å². The molecule has 94 valence electrons. The Morgan fingerprint density at radius 3 is 2.65 bits per heavy atom. The number of benzene rings is 1. The van der Waals surface area contributed by atoms with Crippen LogP contribution in [0.1, 0.15) is 37.6 Å². The highest BCUT2D eigenvalue weighted by molar-refractivity contribution is 9.10. The van der Waals surface area contributed by atoms with Crippen LogP contribution in [0.3, 0.4) is 0 Å². The number of esters is 1. The Labute approximate surface area is 110 Å². The molecule has 1 unspecified atom stereocenters. The number of carbonyl (C=O) groups excluding carboxylic acids is 1. The van der Waals surface area contributed by atoms with Gasteiger partial charge in [0.2, 0.25) is 0 Å². The molecule has 0 heterocycles. The summed E-state index contributed by atoms with van der Waals surface area (Å²) >= 11 is 3.31. The first-order valence-corrected chi connectivity index (χ1v) is 6.45. The average Bonchev–Trinajstić information content (AvgIpc) is 2.20. The Kier molecular flexibility index (Phi) is 5.00. The van der Waals surface area contributed by atoms with E-state index >= 15 is 0 Å². The van der Waals surface area contributed by atoms with Crippen molar-refractivity contribution in [2.24, 2.45) is 5.92 Å². The first-order valence-electron chi connectivity index (χ1n) is 5.66. The molecule has 1 rings (SSSR count). The Balaban J connectivity index is 2.73. The van der Waals surface area contributed by atoms with E-state index in [1.165, 1.54) is 0 Å². The van der Waals surface area contributed by atoms with E-state index in [4.69, 9.17) is 10.5 Å². The summed E-state index contributed by atoms with van der Waals surface area (Å²) in [6, 6.07) is 5.16. The number of ether oxygens (including phenoxy) is 1. The fraction of sp³-hybridized carbons (Fsp3) is 0.462. The molecule has 1 aromatic carbocycles. The van der Waals surface area contributed by atoms with Gasteiger partial charge in [-0.25, -0.2) is 4.79 Å². The summed E-state index contributed by atoms with van der Waals surface area (Å²) in [4.78, 5) is 11.9. The number of carbonyl (C=O) groups is 1. The summed E-state index contributed by atoms with van der Waals surface area (Å²) in [6.45, 7) is 6.09. The van der Waals surface area contributed by atoms with Gasteiger partial charge in [0, 0.05) is 10.2 Å². The van der Waals surface area contributed by atoms with Gasteiger partial charge < -0.3 is 10.5 Å². The fourth-order valence-electron chi connectivity index (χ4n) is 1.66. The Morgan fingerprint density at radius 1 is 1.41 bits per heavy atom. The van der Waals surface area contributed by atoms with Crippen LogP contribution in [-0.4, -0.2) is 12.1 Å². The number of nitrogens with two attached hydrogens (primary N) is 1. The topological polar surface area (TPSA) is 52.3 Å². The lowest BCUT2D eigenvalue weighted by Gasteiger charge is -2.16. The number of nitrogen functional groups attached to an aromatic ring is 1. The van der Waals surface area contributed by atoms with E-state index < -0.39 is 0 Å². The second-order valence-corrected chi connectivity index (χ2v) is 5.49. The quantitative estimate of drug-likeness (QED) is 0.682. The van der Waals surface area contributed by atoms with Gasteiger partial charge in [0.15, 0.2) is 0 Å². The molecule has 0 aliphatic rings. The van der Waals surface area contributed by atoms with Crippen molar-refractivity contribution in [1.82, 2.24) is 0 Å². The minimum absolute atomic E-state index is 0.0964. The van der Waals surface area contributed by atoms with E-state index in [1.54, 1.807) is 18.2 Å². The summed E-state index contributed by atoms with van der Waals surface area (Å²) in [5, 5.41) is 0. The molecule has 0 bridgehead atoms. The van der Waals surface area contributed by atoms with Gasteiger partial charge in [-0.1, -0.05) is 29.8 Å². The molecular weight excluding hydrogens is 282 g/mol. The minimum Gasteiger partial charge on any atom is -0.459 e. The lowest BCUT2D eigenvalue weighted by Crippen LogP contribution is -2.18. The maximum Gasteiger partial charge on any atom is 0.340 e. The third-order valence-electron chi connectivity index (χ3n) is 2.35. The SMILES string of the molecule is CC(C)CC(C)OC(=O)c1cc(Br)ccc1N. The molecule has 0 spiro atoms. The highest BCUT2D eigenvalue weighted by atomic mass is 79.9. The van der Waals surface area contributed by atoms with Gasteiger partial charge in [-0.15, -0.1) is 0 Å². The highest BCUT2D eigenvalue weighted by Crippen LogP contribution is 2.20. The summed E-state index contributed by atoms with van der Waals surface area (Å²) in [6.07, 6.45) is 0.750. The normalized spacial score (nSPS) is 12.5. The monoisotopic (exact) mass is 299 g/mol. The molecule has 2 N–H and O–H groups in total. The number of hydrogen-bond donors (Lipinski definition) is 1. The summed E-state index contributed by atoms with van der Waals surface area (Å²) in [5.74, 6) is 0.134. The van der Waals surface area contributed by atoms with E-state index in [-0.39, 0.29) is 12.1 Å². The maximum absolute atomic E-state index is 11.9. The van der Waals surface area contributed by atoms with Crippen LogP contribution in [0.2, 0.25) is 0 Å². The third-order valence-corrected chi connectivity index (χ3v) is 2.84. The summed E-state index contributed by atoms with van der Waals surface area (Å²) in [5.41, 5.74) is 6.60. The van der Waals surface area contributed by atoms with Crippen LogP contribution in [0, 0.1) is 5.92 Å². The van der Waals surface area contributed by atoms with Crippen LogP contribution in [-0.2, 0) is 4.74 Å². The molecule has 0 saturated carbocycles. The van der Waals surface area contributed by atoms with Crippen molar-refractivity contribution in [1.29, 1.82) is 0 Å². The van der Waals surface area contributed by atoms with Gasteiger partial charge in [-0.05, 0) is 37.5 Å². The second-order valence-electron chi connectivity index (χ2n) is 4.58. The van der Waals surface area contributed by atoms with Gasteiger partial charge in [0.05, 0.1) is 11.7 Å². The van der Waals surface area contributed by atoms with E-state index in [0.717, 1.165) is 10.9 Å². The Bertz CT molecular complexity index is 404. The Hall–Kier alpha value is -1.03. The number of halogens is 1. The zero-order chi connectivity index (χ0) is 13.0. The van der Waals surface area contributed by atoms with Crippen LogP contribution < -0.4 is 5.73 Å². The van der Waals surface area contributed by atoms with Crippen molar-refractivity contribution in [3.63, 3.8) is 0 Å².